The maximum absolute atomic E-state index is 12.1. The van der Waals surface area contributed by atoms with Gasteiger partial charge in [0.2, 0.25) is 0 Å². The summed E-state index contributed by atoms with van der Waals surface area (Å²) < 4.78 is 28.1. The fourth-order valence-corrected chi connectivity index (χ4v) is 3.18. The lowest BCUT2D eigenvalue weighted by molar-refractivity contribution is -0.230. The standard InChI is InChI=1S/C21H28O6/c1-21(2)13-26-19(27-14-21)10-16-9-18(25-12-17(16)20(22)23-3)24-11-15-7-5-4-6-8-15/h4-8,12,16,18-19H,9-11,13-14H2,1-3H3/t16-,18-/m1/s1. The maximum Gasteiger partial charge on any atom is 0.337 e. The molecule has 2 aliphatic heterocycles. The van der Waals surface area contributed by atoms with Crippen LogP contribution in [0.5, 0.6) is 0 Å². The van der Waals surface area contributed by atoms with Gasteiger partial charge in [0.05, 0.1) is 38.8 Å². The Kier molecular flexibility index (Phi) is 6.52. The number of hydrogen-bond donors (Lipinski definition) is 0. The van der Waals surface area contributed by atoms with E-state index in [0.717, 1.165) is 5.56 Å². The van der Waals surface area contributed by atoms with Gasteiger partial charge in [0.25, 0.3) is 0 Å². The minimum Gasteiger partial charge on any atom is -0.472 e. The number of carbonyl (C=O) groups excluding carboxylic acids is 1. The maximum atomic E-state index is 12.1. The molecule has 0 bridgehead atoms. The van der Waals surface area contributed by atoms with Crippen molar-refractivity contribution in [1.29, 1.82) is 0 Å². The predicted octanol–water partition coefficient (Wildman–Crippen LogP) is 3.41. The van der Waals surface area contributed by atoms with Gasteiger partial charge >= 0.3 is 5.97 Å². The van der Waals surface area contributed by atoms with Crippen molar-refractivity contribution in [2.75, 3.05) is 20.3 Å². The van der Waals surface area contributed by atoms with Gasteiger partial charge < -0.3 is 23.7 Å². The predicted molar refractivity (Wildman–Crippen MR) is 98.4 cm³/mol. The van der Waals surface area contributed by atoms with Gasteiger partial charge in [-0.1, -0.05) is 44.2 Å². The van der Waals surface area contributed by atoms with Crippen LogP contribution in [0.4, 0.5) is 0 Å². The second kappa shape index (κ2) is 8.87. The fourth-order valence-electron chi connectivity index (χ4n) is 3.18. The second-order valence-electron chi connectivity index (χ2n) is 7.81. The highest BCUT2D eigenvalue weighted by atomic mass is 16.7. The SMILES string of the molecule is COC(=O)C1=CO[C@@H](OCc2ccccc2)C[C@@H]1CC1OCC(C)(C)CO1. The van der Waals surface area contributed by atoms with Crippen LogP contribution in [-0.4, -0.2) is 38.9 Å². The molecule has 27 heavy (non-hydrogen) atoms. The van der Waals surface area contributed by atoms with Gasteiger partial charge in [-0.25, -0.2) is 4.79 Å². The van der Waals surface area contributed by atoms with E-state index in [-0.39, 0.29) is 17.6 Å². The molecular formula is C21H28O6. The lowest BCUT2D eigenvalue weighted by atomic mass is 9.90. The Morgan fingerprint density at radius 2 is 1.89 bits per heavy atom. The van der Waals surface area contributed by atoms with Gasteiger partial charge in [0.15, 0.2) is 12.6 Å². The Morgan fingerprint density at radius 1 is 1.19 bits per heavy atom. The van der Waals surface area contributed by atoms with Crippen LogP contribution in [0.2, 0.25) is 0 Å². The molecule has 2 aliphatic rings. The van der Waals surface area contributed by atoms with Gasteiger partial charge in [-0.3, -0.25) is 0 Å². The van der Waals surface area contributed by atoms with Crippen molar-refractivity contribution < 1.29 is 28.5 Å². The van der Waals surface area contributed by atoms with Crippen molar-refractivity contribution in [2.45, 2.75) is 45.9 Å². The summed E-state index contributed by atoms with van der Waals surface area (Å²) in [7, 11) is 1.37. The zero-order valence-electron chi connectivity index (χ0n) is 16.2. The smallest absolute Gasteiger partial charge is 0.337 e. The van der Waals surface area contributed by atoms with Crippen molar-refractivity contribution in [3.8, 4) is 0 Å². The Hall–Kier alpha value is -1.89. The number of rotatable bonds is 6. The number of benzene rings is 1. The number of methoxy groups -OCH3 is 1. The summed E-state index contributed by atoms with van der Waals surface area (Å²) in [5, 5.41) is 0. The van der Waals surface area contributed by atoms with E-state index in [1.807, 2.05) is 30.3 Å². The summed E-state index contributed by atoms with van der Waals surface area (Å²) in [5.74, 6) is -0.504. The summed E-state index contributed by atoms with van der Waals surface area (Å²) in [6.07, 6.45) is 1.79. The van der Waals surface area contributed by atoms with Crippen molar-refractivity contribution in [3.63, 3.8) is 0 Å². The molecule has 2 atom stereocenters. The molecule has 0 aliphatic carbocycles. The first kappa shape index (κ1) is 19.9. The average Bonchev–Trinajstić information content (AvgIpc) is 2.68. The Morgan fingerprint density at radius 3 is 2.56 bits per heavy atom. The molecule has 1 aromatic carbocycles. The molecule has 0 radical (unpaired) electrons. The van der Waals surface area contributed by atoms with Crippen molar-refractivity contribution in [1.82, 2.24) is 0 Å². The van der Waals surface area contributed by atoms with Crippen LogP contribution in [-0.2, 0) is 35.1 Å². The molecule has 1 aromatic rings. The minimum absolute atomic E-state index is 0.00846. The first-order valence-corrected chi connectivity index (χ1v) is 9.29. The van der Waals surface area contributed by atoms with Crippen LogP contribution in [0.1, 0.15) is 32.3 Å². The lowest BCUT2D eigenvalue weighted by Crippen LogP contribution is -2.40. The van der Waals surface area contributed by atoms with E-state index in [4.69, 9.17) is 23.7 Å². The summed E-state index contributed by atoms with van der Waals surface area (Å²) in [5.41, 5.74) is 1.57. The molecule has 6 nitrogen and oxygen atoms in total. The molecule has 0 amide bonds. The summed E-state index contributed by atoms with van der Waals surface area (Å²) in [4.78, 5) is 12.1. The minimum atomic E-state index is -0.427. The first-order valence-electron chi connectivity index (χ1n) is 9.29. The highest BCUT2D eigenvalue weighted by Gasteiger charge is 2.36. The number of hydrogen-bond acceptors (Lipinski definition) is 6. The zero-order chi connectivity index (χ0) is 19.3. The summed E-state index contributed by atoms with van der Waals surface area (Å²) in [6.45, 7) is 5.91. The van der Waals surface area contributed by atoms with Crippen LogP contribution in [0.15, 0.2) is 42.2 Å². The first-order chi connectivity index (χ1) is 13.0. The van der Waals surface area contributed by atoms with Gasteiger partial charge in [-0.15, -0.1) is 0 Å². The third-order valence-corrected chi connectivity index (χ3v) is 4.76. The van der Waals surface area contributed by atoms with Crippen LogP contribution in [0.25, 0.3) is 0 Å². The van der Waals surface area contributed by atoms with E-state index in [2.05, 4.69) is 13.8 Å². The van der Waals surface area contributed by atoms with Crippen LogP contribution >= 0.6 is 0 Å². The molecule has 3 rings (SSSR count). The third kappa shape index (κ3) is 5.54. The summed E-state index contributed by atoms with van der Waals surface area (Å²) in [6, 6.07) is 9.91. The molecule has 0 aromatic heterocycles. The Balaban J connectivity index is 1.61. The normalized spacial score (nSPS) is 25.4. The highest BCUT2D eigenvalue weighted by molar-refractivity contribution is 5.88. The third-order valence-electron chi connectivity index (χ3n) is 4.76. The Bertz CT molecular complexity index is 644. The summed E-state index contributed by atoms with van der Waals surface area (Å²) >= 11 is 0. The van der Waals surface area contributed by atoms with Gasteiger partial charge in [0, 0.05) is 24.2 Å². The molecule has 148 valence electrons. The largest absolute Gasteiger partial charge is 0.472 e. The highest BCUT2D eigenvalue weighted by Crippen LogP contribution is 2.33. The Labute approximate surface area is 160 Å². The molecule has 0 N–H and O–H groups in total. The van der Waals surface area contributed by atoms with Crippen LogP contribution in [0, 0.1) is 11.3 Å². The van der Waals surface area contributed by atoms with Crippen molar-refractivity contribution >= 4 is 5.97 Å². The van der Waals surface area contributed by atoms with Gasteiger partial charge in [0.1, 0.15) is 0 Å². The number of ether oxygens (including phenoxy) is 5. The van der Waals surface area contributed by atoms with Gasteiger partial charge in [-0.2, -0.15) is 0 Å². The molecule has 0 spiro atoms. The topological polar surface area (TPSA) is 63.2 Å². The molecule has 2 heterocycles. The molecule has 0 saturated carbocycles. The van der Waals surface area contributed by atoms with E-state index in [1.54, 1.807) is 0 Å². The fraction of sp³-hybridized carbons (Fsp3) is 0.571. The van der Waals surface area contributed by atoms with Gasteiger partial charge in [-0.05, 0) is 5.56 Å². The molecule has 0 unspecified atom stereocenters. The molecule has 6 heteroatoms. The molecular weight excluding hydrogens is 348 g/mol. The second-order valence-corrected chi connectivity index (χ2v) is 7.81. The average molecular weight is 376 g/mol. The molecule has 1 fully saturated rings. The van der Waals surface area contributed by atoms with E-state index < -0.39 is 12.3 Å². The van der Waals surface area contributed by atoms with E-state index in [0.29, 0.717) is 38.2 Å². The van der Waals surface area contributed by atoms with E-state index in [9.17, 15) is 4.79 Å². The quantitative estimate of drug-likeness (QED) is 0.709. The lowest BCUT2D eigenvalue weighted by Gasteiger charge is -2.37. The van der Waals surface area contributed by atoms with Crippen LogP contribution < -0.4 is 0 Å². The van der Waals surface area contributed by atoms with E-state index >= 15 is 0 Å². The van der Waals surface area contributed by atoms with Crippen LogP contribution in [0.3, 0.4) is 0 Å². The number of esters is 1. The molecule has 1 saturated heterocycles. The monoisotopic (exact) mass is 376 g/mol. The van der Waals surface area contributed by atoms with E-state index in [1.165, 1.54) is 13.4 Å². The zero-order valence-corrected chi connectivity index (χ0v) is 16.2. The van der Waals surface area contributed by atoms with Crippen molar-refractivity contribution in [2.24, 2.45) is 11.3 Å². The number of carbonyl (C=O) groups is 1. The van der Waals surface area contributed by atoms with Crippen molar-refractivity contribution in [3.05, 3.63) is 47.7 Å².